The molecule has 2 rings (SSSR count). The van der Waals surface area contributed by atoms with E-state index in [1.807, 2.05) is 0 Å². The van der Waals surface area contributed by atoms with Crippen LogP contribution in [0.3, 0.4) is 0 Å². The van der Waals surface area contributed by atoms with Gasteiger partial charge in [0.2, 0.25) is 0 Å². The molecule has 0 N–H and O–H groups in total. The largest absolute Gasteiger partial charge is 0.0992 e. The van der Waals surface area contributed by atoms with Gasteiger partial charge in [-0.2, -0.15) is 0 Å². The highest BCUT2D eigenvalue weighted by molar-refractivity contribution is 5.37. The third kappa shape index (κ3) is 11.3. The molecular weight excluding hydrogens is 480 g/mol. The maximum absolute atomic E-state index is 4.34. The molecule has 0 aromatic heterocycles. The fraction of sp³-hybridized carbons (Fsp3) is 0.450. The van der Waals surface area contributed by atoms with Crippen molar-refractivity contribution < 1.29 is 0 Å². The first kappa shape index (κ1) is 33.3. The molecule has 0 unspecified atom stereocenters. The number of hydrogen-bond acceptors (Lipinski definition) is 0. The quantitative estimate of drug-likeness (QED) is 0.192. The maximum atomic E-state index is 4.34. The highest BCUT2D eigenvalue weighted by Crippen LogP contribution is 2.44. The smallest absolute Gasteiger partial charge is 0.00285 e. The molecule has 1 fully saturated rings. The Morgan fingerprint density at radius 1 is 0.675 bits per heavy atom. The molecule has 0 aromatic carbocycles. The molecule has 0 nitrogen and oxygen atoms in total. The number of allylic oxidation sites excluding steroid dienone is 21. The summed E-state index contributed by atoms with van der Waals surface area (Å²) in [6.45, 7) is 24.7. The summed E-state index contributed by atoms with van der Waals surface area (Å²) in [6.07, 6.45) is 38.2. The molecule has 0 heterocycles. The van der Waals surface area contributed by atoms with E-state index in [4.69, 9.17) is 0 Å². The van der Waals surface area contributed by atoms with E-state index in [0.29, 0.717) is 11.3 Å². The van der Waals surface area contributed by atoms with Crippen LogP contribution in [0.25, 0.3) is 0 Å². The fourth-order valence-corrected chi connectivity index (χ4v) is 5.84. The summed E-state index contributed by atoms with van der Waals surface area (Å²) in [4.78, 5) is 0. The second-order valence-electron chi connectivity index (χ2n) is 13.3. The van der Waals surface area contributed by atoms with Crippen LogP contribution >= 0.6 is 0 Å². The Kier molecular flexibility index (Phi) is 13.2. The third-order valence-electron chi connectivity index (χ3n) is 8.47. The standard InChI is InChI=1S/C40H56/c1-31(19-13-21-33(3)25-27-37-35(5)23-15-29-39(37,7)8)17-11-12-18-32(2)20-14-22-34(4)26-28-38-36(6)24-16-30-40(38,9)10/h11-14,17-22,25-28,37H,5,15-16,23-24,29-30H2,1-4,6-10H3/b12-11+,19-13+,20-14+,27-25+,28-26+,31-17+,32-18+,33-21+,34-22+/t37-/m1/s1. The van der Waals surface area contributed by atoms with Crippen LogP contribution in [0.5, 0.6) is 0 Å². The van der Waals surface area contributed by atoms with Gasteiger partial charge in [0, 0.05) is 5.92 Å². The van der Waals surface area contributed by atoms with Crippen LogP contribution in [0, 0.1) is 16.7 Å². The Morgan fingerprint density at radius 2 is 1.18 bits per heavy atom. The molecule has 2 aliphatic carbocycles. The Labute approximate surface area is 247 Å². The predicted octanol–water partition coefficient (Wildman–Crippen LogP) is 12.5. The lowest BCUT2D eigenvalue weighted by atomic mass is 9.66. The van der Waals surface area contributed by atoms with Gasteiger partial charge in [0.1, 0.15) is 0 Å². The first-order chi connectivity index (χ1) is 18.8. The van der Waals surface area contributed by atoms with Crippen LogP contribution in [-0.2, 0) is 0 Å². The van der Waals surface area contributed by atoms with E-state index < -0.39 is 0 Å². The Bertz CT molecular complexity index is 1180. The molecule has 0 amide bonds. The van der Waals surface area contributed by atoms with Crippen molar-refractivity contribution in [2.75, 3.05) is 0 Å². The van der Waals surface area contributed by atoms with Gasteiger partial charge in [-0.3, -0.25) is 0 Å². The van der Waals surface area contributed by atoms with Crippen molar-refractivity contribution in [2.24, 2.45) is 16.7 Å². The van der Waals surface area contributed by atoms with Crippen molar-refractivity contribution >= 4 is 0 Å². The van der Waals surface area contributed by atoms with Crippen LogP contribution in [0.1, 0.15) is 101 Å². The van der Waals surface area contributed by atoms with Gasteiger partial charge in [-0.05, 0) is 89.5 Å². The van der Waals surface area contributed by atoms with Gasteiger partial charge in [0.05, 0.1) is 0 Å². The molecule has 0 saturated heterocycles. The summed E-state index contributed by atoms with van der Waals surface area (Å²) in [6, 6.07) is 0. The SMILES string of the molecule is C=C1CCCC(C)(C)[C@@H]1/C=C/C(C)=C/C=C/C(C)=C/C=C/C=C(C)/C=C/C=C(C)/C=C/C1=C(C)CCCC1(C)C. The predicted molar refractivity (Wildman–Crippen MR) is 181 cm³/mol. The zero-order valence-electron chi connectivity index (χ0n) is 27.1. The molecule has 0 aromatic rings. The van der Waals surface area contributed by atoms with E-state index in [9.17, 15) is 0 Å². The van der Waals surface area contributed by atoms with Crippen LogP contribution in [0.4, 0.5) is 0 Å². The number of hydrogen-bond donors (Lipinski definition) is 0. The highest BCUT2D eigenvalue weighted by Gasteiger charge is 2.32. The molecule has 1 atom stereocenters. The minimum absolute atomic E-state index is 0.290. The molecule has 2 aliphatic rings. The lowest BCUT2D eigenvalue weighted by molar-refractivity contribution is 0.228. The van der Waals surface area contributed by atoms with Crippen LogP contribution in [0.15, 0.2) is 131 Å². The molecule has 0 aliphatic heterocycles. The summed E-state index contributed by atoms with van der Waals surface area (Å²) in [5, 5.41) is 0. The second kappa shape index (κ2) is 15.8. The number of rotatable bonds is 10. The van der Waals surface area contributed by atoms with Gasteiger partial charge in [0.15, 0.2) is 0 Å². The molecule has 0 bridgehead atoms. The van der Waals surface area contributed by atoms with Crippen LogP contribution in [-0.4, -0.2) is 0 Å². The molecule has 0 radical (unpaired) electrons. The Balaban J connectivity index is 1.87. The van der Waals surface area contributed by atoms with E-state index in [1.54, 1.807) is 5.57 Å². The van der Waals surface area contributed by atoms with Gasteiger partial charge in [-0.25, -0.2) is 0 Å². The summed E-state index contributed by atoms with van der Waals surface area (Å²) in [5.41, 5.74) is 10.0. The molecule has 0 heteroatoms. The topological polar surface area (TPSA) is 0 Å². The Morgan fingerprint density at radius 3 is 1.73 bits per heavy atom. The van der Waals surface area contributed by atoms with Crippen molar-refractivity contribution in [3.05, 3.63) is 131 Å². The van der Waals surface area contributed by atoms with Gasteiger partial charge in [0.25, 0.3) is 0 Å². The summed E-state index contributed by atoms with van der Waals surface area (Å²) < 4.78 is 0. The zero-order valence-corrected chi connectivity index (χ0v) is 27.1. The van der Waals surface area contributed by atoms with Gasteiger partial charge in [-0.1, -0.05) is 153 Å². The molecule has 216 valence electrons. The summed E-state index contributed by atoms with van der Waals surface area (Å²) >= 11 is 0. The van der Waals surface area contributed by atoms with E-state index >= 15 is 0 Å². The first-order valence-electron chi connectivity index (χ1n) is 15.3. The molecule has 0 spiro atoms. The van der Waals surface area contributed by atoms with Crippen molar-refractivity contribution in [1.82, 2.24) is 0 Å². The van der Waals surface area contributed by atoms with E-state index in [-0.39, 0.29) is 5.41 Å². The lowest BCUT2D eigenvalue weighted by Crippen LogP contribution is -2.27. The van der Waals surface area contributed by atoms with Gasteiger partial charge < -0.3 is 0 Å². The average molecular weight is 537 g/mol. The van der Waals surface area contributed by atoms with E-state index in [1.165, 1.54) is 65.5 Å². The first-order valence-corrected chi connectivity index (χ1v) is 15.3. The van der Waals surface area contributed by atoms with Crippen molar-refractivity contribution in [2.45, 2.75) is 101 Å². The van der Waals surface area contributed by atoms with Gasteiger partial charge in [-0.15, -0.1) is 0 Å². The summed E-state index contributed by atoms with van der Waals surface area (Å²) in [7, 11) is 0. The highest BCUT2D eigenvalue weighted by atomic mass is 14.4. The zero-order chi connectivity index (χ0) is 29.8. The van der Waals surface area contributed by atoms with E-state index in [0.717, 1.165) is 6.42 Å². The van der Waals surface area contributed by atoms with Crippen molar-refractivity contribution in [1.29, 1.82) is 0 Å². The second-order valence-corrected chi connectivity index (χ2v) is 13.3. The summed E-state index contributed by atoms with van der Waals surface area (Å²) in [5.74, 6) is 0.477. The van der Waals surface area contributed by atoms with Crippen LogP contribution < -0.4 is 0 Å². The maximum Gasteiger partial charge on any atom is 0.00285 e. The van der Waals surface area contributed by atoms with Crippen molar-refractivity contribution in [3.8, 4) is 0 Å². The van der Waals surface area contributed by atoms with Crippen LogP contribution in [0.2, 0.25) is 0 Å². The Hall–Kier alpha value is -2.86. The lowest BCUT2D eigenvalue weighted by Gasteiger charge is -2.38. The third-order valence-corrected chi connectivity index (χ3v) is 8.47. The van der Waals surface area contributed by atoms with E-state index in [2.05, 4.69) is 154 Å². The van der Waals surface area contributed by atoms with Crippen molar-refractivity contribution in [3.63, 3.8) is 0 Å². The fourth-order valence-electron chi connectivity index (χ4n) is 5.84. The normalized spacial score (nSPS) is 23.7. The molecule has 1 saturated carbocycles. The average Bonchev–Trinajstić information content (AvgIpc) is 2.85. The van der Waals surface area contributed by atoms with Gasteiger partial charge >= 0.3 is 0 Å². The molecular formula is C40H56. The minimum atomic E-state index is 0.290. The molecule has 40 heavy (non-hydrogen) atoms. The minimum Gasteiger partial charge on any atom is -0.0992 e. The monoisotopic (exact) mass is 536 g/mol.